The van der Waals surface area contributed by atoms with Gasteiger partial charge in [-0.2, -0.15) is 0 Å². The smallest absolute Gasteiger partial charge is 0.328 e. The fourth-order valence-corrected chi connectivity index (χ4v) is 11.2. The summed E-state index contributed by atoms with van der Waals surface area (Å²) >= 11 is 0. The molecule has 2 aliphatic carbocycles. The molecule has 2 saturated carbocycles. The van der Waals surface area contributed by atoms with E-state index in [2.05, 4.69) is 4.72 Å². The molecule has 72 heavy (non-hydrogen) atoms. The van der Waals surface area contributed by atoms with E-state index in [1.165, 1.54) is 40.3 Å². The van der Waals surface area contributed by atoms with Crippen LogP contribution in [0.25, 0.3) is 0 Å². The van der Waals surface area contributed by atoms with Crippen molar-refractivity contribution in [1.82, 2.24) is 9.62 Å². The van der Waals surface area contributed by atoms with E-state index in [9.17, 15) is 47.7 Å². The second kappa shape index (κ2) is 28.4. The lowest BCUT2D eigenvalue weighted by Crippen LogP contribution is -2.59. The van der Waals surface area contributed by atoms with Crippen LogP contribution in [0, 0.1) is 35.5 Å². The Kier molecular flexibility index (Phi) is 24.1. The number of nitrogens with one attached hydrogen (secondary N) is 1. The van der Waals surface area contributed by atoms with Crippen molar-refractivity contribution < 1.29 is 71.4 Å². The first-order valence-electron chi connectivity index (χ1n) is 26.1. The summed E-state index contributed by atoms with van der Waals surface area (Å²) in [6.45, 7) is 11.7. The summed E-state index contributed by atoms with van der Waals surface area (Å²) in [6, 6.07) is -2.26. The van der Waals surface area contributed by atoms with Crippen LogP contribution in [0.3, 0.4) is 0 Å². The number of amides is 1. The monoisotopic (exact) mass is 1030 g/mol. The third-order valence-electron chi connectivity index (χ3n) is 15.6. The van der Waals surface area contributed by atoms with Crippen LogP contribution in [0.2, 0.25) is 0 Å². The Morgan fingerprint density at radius 2 is 1.60 bits per heavy atom. The Morgan fingerprint density at radius 3 is 2.24 bits per heavy atom. The zero-order chi connectivity index (χ0) is 53.5. The molecule has 1 saturated heterocycles. The van der Waals surface area contributed by atoms with Crippen LogP contribution in [0.4, 0.5) is 0 Å². The van der Waals surface area contributed by atoms with Gasteiger partial charge in [0.25, 0.3) is 11.7 Å². The molecule has 17 nitrogen and oxygen atoms in total. The highest BCUT2D eigenvalue weighted by molar-refractivity contribution is 7.89. The summed E-state index contributed by atoms with van der Waals surface area (Å²) in [5.74, 6) is -8.94. The molecule has 7 unspecified atom stereocenters. The molecule has 4 rings (SSSR count). The van der Waals surface area contributed by atoms with Gasteiger partial charge in [-0.15, -0.1) is 0 Å². The fourth-order valence-electron chi connectivity index (χ4n) is 10.1. The number of fused-ring (bicyclic) bond motifs is 2. The van der Waals surface area contributed by atoms with Gasteiger partial charge in [0.1, 0.15) is 30.1 Å². The topological polar surface area (TPSA) is 242 Å². The maximum absolute atomic E-state index is 14.2. The number of likely N-dealkylation sites (N-methyl/N-ethyl adjacent to an activating group) is 1. The predicted octanol–water partition coefficient (Wildman–Crippen LogP) is 5.49. The number of nitrogens with zero attached hydrogens (tertiary/aromatic N) is 1. The maximum Gasteiger partial charge on any atom is 0.328 e. The van der Waals surface area contributed by atoms with Crippen LogP contribution in [-0.4, -0.2) is 153 Å². The molecule has 4 N–H and O–H groups in total. The van der Waals surface area contributed by atoms with E-state index in [0.717, 1.165) is 24.3 Å². The zero-order valence-electron chi connectivity index (χ0n) is 44.5. The number of carbonyl (C=O) groups is 5. The number of cyclic esters (lactones) is 1. The highest BCUT2D eigenvalue weighted by Gasteiger charge is 2.52. The molecule has 14 atom stereocenters. The van der Waals surface area contributed by atoms with Crippen molar-refractivity contribution in [3.05, 3.63) is 47.6 Å². The number of ketones is 3. The minimum Gasteiger partial charge on any atom is -0.460 e. The van der Waals surface area contributed by atoms with E-state index in [-0.39, 0.29) is 54.9 Å². The van der Waals surface area contributed by atoms with E-state index in [0.29, 0.717) is 49.2 Å². The van der Waals surface area contributed by atoms with Gasteiger partial charge >= 0.3 is 5.97 Å². The Labute approximate surface area is 428 Å². The molecular weight excluding hydrogens is 949 g/mol. The first-order valence-corrected chi connectivity index (χ1v) is 27.7. The van der Waals surface area contributed by atoms with Gasteiger partial charge in [0.2, 0.25) is 15.8 Å². The summed E-state index contributed by atoms with van der Waals surface area (Å²) in [4.78, 5) is 70.9. The summed E-state index contributed by atoms with van der Waals surface area (Å²) < 4.78 is 58.5. The minimum absolute atomic E-state index is 0.0295. The van der Waals surface area contributed by atoms with Crippen molar-refractivity contribution in [2.24, 2.45) is 35.5 Å². The van der Waals surface area contributed by atoms with Crippen LogP contribution < -0.4 is 4.72 Å². The molecule has 0 aromatic rings. The van der Waals surface area contributed by atoms with Gasteiger partial charge in [-0.25, -0.2) is 17.9 Å². The number of allylic oxidation sites excluding steroid dienone is 6. The van der Waals surface area contributed by atoms with Gasteiger partial charge in [-0.05, 0) is 115 Å². The molecule has 0 aromatic carbocycles. The number of esters is 1. The van der Waals surface area contributed by atoms with Gasteiger partial charge in [0, 0.05) is 58.1 Å². The molecule has 1 amide bonds. The first-order chi connectivity index (χ1) is 34.0. The number of Topliss-reactive ketones (excluding diaryl/α,β-unsaturated/α-hetero) is 3. The number of sulfonamides is 1. The van der Waals surface area contributed by atoms with Crippen LogP contribution in [-0.2, 0) is 57.7 Å². The fraction of sp³-hybridized carbons (Fsp3) is 0.759. The Hall–Kier alpha value is -3.46. The largest absolute Gasteiger partial charge is 0.460 e. The number of hydrogen-bond acceptors (Lipinski definition) is 15. The summed E-state index contributed by atoms with van der Waals surface area (Å²) in [6.07, 6.45) is 13.6. The molecule has 408 valence electrons. The normalized spacial score (nSPS) is 37.1. The molecule has 3 fully saturated rings. The van der Waals surface area contributed by atoms with Gasteiger partial charge in [-0.1, -0.05) is 76.1 Å². The highest BCUT2D eigenvalue weighted by atomic mass is 32.2. The lowest BCUT2D eigenvalue weighted by molar-refractivity contribution is -0.263. The Balaban J connectivity index is 1.66. The molecule has 0 radical (unpaired) electrons. The quantitative estimate of drug-likeness (QED) is 0.107. The molecule has 2 aliphatic heterocycles. The summed E-state index contributed by atoms with van der Waals surface area (Å²) in [5.41, 5.74) is 0.910. The molecule has 18 heteroatoms. The van der Waals surface area contributed by atoms with E-state index in [1.807, 2.05) is 13.0 Å². The number of ether oxygens (including phenoxy) is 5. The van der Waals surface area contributed by atoms with Crippen molar-refractivity contribution in [2.75, 3.05) is 40.2 Å². The SMILES string of the molecule is COC1C(=O)C(C)CC/C=C/C=C/C=C(\C)C(NS(=O)(=O)CCO)C[C@H]2CC[C@H](C)[C@](O)(O2)C(=O)C(=O)N(C)C(C)C(=O)OC([C@H](C)C[C@@H]2CC[C@@H](OCC3CCC3)[C@H](OC)C2)CC(=O)C(C)/C=C(\C)C1O. The maximum atomic E-state index is 14.2. The van der Waals surface area contributed by atoms with Crippen molar-refractivity contribution in [1.29, 1.82) is 0 Å². The van der Waals surface area contributed by atoms with Gasteiger partial charge in [-0.3, -0.25) is 19.2 Å². The van der Waals surface area contributed by atoms with Gasteiger partial charge in [0.05, 0.1) is 30.7 Å². The van der Waals surface area contributed by atoms with E-state index >= 15 is 0 Å². The predicted molar refractivity (Wildman–Crippen MR) is 272 cm³/mol. The van der Waals surface area contributed by atoms with Crippen molar-refractivity contribution in [3.8, 4) is 0 Å². The lowest BCUT2D eigenvalue weighted by Gasteiger charge is -2.42. The van der Waals surface area contributed by atoms with E-state index < -0.39 is 100 Å². The summed E-state index contributed by atoms with van der Waals surface area (Å²) in [5, 5.41) is 32.8. The molecule has 2 bridgehead atoms. The van der Waals surface area contributed by atoms with Crippen LogP contribution >= 0.6 is 0 Å². The van der Waals surface area contributed by atoms with E-state index in [4.69, 9.17) is 23.7 Å². The third kappa shape index (κ3) is 17.0. The standard InChI is InChI=1S/C54H86N2O15S/c1-33-17-14-12-11-13-15-18-34(2)48(59)50(68-10)49(60)37(5)27-35(3)44(58)31-46(36(4)28-41-22-24-45(47(29-41)67-9)69-32-40-19-16-20-40)70-53(63)39(7)56(8)52(62)51(61)54(64)38(6)21-23-42(71-54)30-43(33)55-72(65,66)26-25-57/h11-14,17,27,34-36,38-43,45-47,49-50,55,57,60,64H,15-16,18-26,28-32H2,1-10H3/b13-11+,14-12+,33-17+,37-27+/t34?,35?,36-,38+,39?,41+,42-,43?,45-,46?,47-,49?,50?,54+/m1/s1. The Morgan fingerprint density at radius 1 is 0.889 bits per heavy atom. The summed E-state index contributed by atoms with van der Waals surface area (Å²) in [7, 11) is 0.279. The third-order valence-corrected chi connectivity index (χ3v) is 17.0. The molecule has 4 aliphatic rings. The van der Waals surface area contributed by atoms with Gasteiger partial charge < -0.3 is 43.9 Å². The van der Waals surface area contributed by atoms with Crippen molar-refractivity contribution >= 4 is 39.2 Å². The number of hydrogen-bond donors (Lipinski definition) is 4. The van der Waals surface area contributed by atoms with Crippen molar-refractivity contribution in [2.45, 2.75) is 186 Å². The van der Waals surface area contributed by atoms with Gasteiger partial charge in [0.15, 0.2) is 5.78 Å². The molecule has 0 aromatic heterocycles. The second-order valence-corrected chi connectivity index (χ2v) is 23.0. The highest BCUT2D eigenvalue weighted by Crippen LogP contribution is 2.38. The second-order valence-electron chi connectivity index (χ2n) is 21.2. The lowest BCUT2D eigenvalue weighted by atomic mass is 9.78. The number of aliphatic hydroxyl groups is 3. The molecule has 0 spiro atoms. The molecule has 2 heterocycles. The number of carbonyl (C=O) groups excluding carboxylic acids is 5. The first kappa shape index (κ1) is 61.1. The number of aliphatic hydroxyl groups excluding tert-OH is 2. The molecular formula is C54H86N2O15S. The van der Waals surface area contributed by atoms with E-state index in [1.54, 1.807) is 72.1 Å². The Bertz CT molecular complexity index is 2070. The number of methoxy groups -OCH3 is 2. The van der Waals surface area contributed by atoms with Crippen LogP contribution in [0.1, 0.15) is 132 Å². The minimum atomic E-state index is -3.99. The van der Waals surface area contributed by atoms with Crippen LogP contribution in [0.15, 0.2) is 47.6 Å². The number of rotatable bonds is 12. The zero-order valence-corrected chi connectivity index (χ0v) is 45.3. The average molecular weight is 1040 g/mol. The average Bonchev–Trinajstić information content (AvgIpc) is 3.32. The van der Waals surface area contributed by atoms with Crippen LogP contribution in [0.5, 0.6) is 0 Å². The van der Waals surface area contributed by atoms with Crippen molar-refractivity contribution in [3.63, 3.8) is 0 Å².